The summed E-state index contributed by atoms with van der Waals surface area (Å²) in [5.74, 6) is 1.72. The molecule has 2 saturated heterocycles. The van der Waals surface area contributed by atoms with Gasteiger partial charge in [0.05, 0.1) is 0 Å². The van der Waals surface area contributed by atoms with Crippen molar-refractivity contribution < 1.29 is 0 Å². The van der Waals surface area contributed by atoms with Crippen molar-refractivity contribution in [3.8, 4) is 0 Å². The third-order valence-electron chi connectivity index (χ3n) is 4.92. The molecular weight excluding hydrogens is 222 g/mol. The van der Waals surface area contributed by atoms with Crippen LogP contribution in [0.1, 0.15) is 33.6 Å². The Morgan fingerprint density at radius 2 is 1.61 bits per heavy atom. The largest absolute Gasteiger partial charge is 0.317 e. The molecule has 2 rings (SSSR count). The van der Waals surface area contributed by atoms with Crippen molar-refractivity contribution in [3.63, 3.8) is 0 Å². The molecule has 18 heavy (non-hydrogen) atoms. The van der Waals surface area contributed by atoms with E-state index in [0.29, 0.717) is 0 Å². The molecule has 0 spiro atoms. The van der Waals surface area contributed by atoms with E-state index in [4.69, 9.17) is 0 Å². The summed E-state index contributed by atoms with van der Waals surface area (Å²) in [5, 5.41) is 3.46. The number of hydrogen-bond donors (Lipinski definition) is 1. The van der Waals surface area contributed by atoms with Gasteiger partial charge in [0, 0.05) is 38.8 Å². The molecular formula is C15H31N3. The summed E-state index contributed by atoms with van der Waals surface area (Å²) in [4.78, 5) is 5.36. The number of hydrogen-bond acceptors (Lipinski definition) is 3. The molecule has 2 aliphatic heterocycles. The lowest BCUT2D eigenvalue weighted by molar-refractivity contribution is 0.0721. The first kappa shape index (κ1) is 14.3. The van der Waals surface area contributed by atoms with E-state index in [-0.39, 0.29) is 0 Å². The second-order valence-electron chi connectivity index (χ2n) is 6.51. The predicted octanol–water partition coefficient (Wildman–Crippen LogP) is 1.65. The molecule has 0 unspecified atom stereocenters. The molecule has 0 bridgehead atoms. The third kappa shape index (κ3) is 3.94. The van der Waals surface area contributed by atoms with Crippen LogP contribution in [0.4, 0.5) is 0 Å². The van der Waals surface area contributed by atoms with E-state index in [1.54, 1.807) is 0 Å². The lowest BCUT2D eigenvalue weighted by Crippen LogP contribution is -2.52. The summed E-state index contributed by atoms with van der Waals surface area (Å²) in [7, 11) is 0. The van der Waals surface area contributed by atoms with Crippen LogP contribution in [0.2, 0.25) is 0 Å². The van der Waals surface area contributed by atoms with Gasteiger partial charge >= 0.3 is 0 Å². The smallest absolute Gasteiger partial charge is 0.0113 e. The maximum absolute atomic E-state index is 3.46. The Kier molecular flexibility index (Phi) is 5.46. The van der Waals surface area contributed by atoms with Gasteiger partial charge in [-0.05, 0) is 44.7 Å². The van der Waals surface area contributed by atoms with Crippen LogP contribution in [0.25, 0.3) is 0 Å². The van der Waals surface area contributed by atoms with Crippen molar-refractivity contribution in [2.45, 2.75) is 39.7 Å². The minimum absolute atomic E-state index is 0.742. The SMILES string of the molecule is CC(C)[C@@H](C)N1CCN(CC2CCNCC2)CC1. The summed E-state index contributed by atoms with van der Waals surface area (Å²) >= 11 is 0. The molecule has 0 aromatic heterocycles. The fourth-order valence-electron chi connectivity index (χ4n) is 3.20. The van der Waals surface area contributed by atoms with E-state index < -0.39 is 0 Å². The molecule has 3 nitrogen and oxygen atoms in total. The van der Waals surface area contributed by atoms with Crippen LogP contribution in [0.3, 0.4) is 0 Å². The summed E-state index contributed by atoms with van der Waals surface area (Å²) in [6.45, 7) is 16.0. The van der Waals surface area contributed by atoms with Crippen molar-refractivity contribution in [2.75, 3.05) is 45.8 Å². The number of nitrogens with one attached hydrogen (secondary N) is 1. The van der Waals surface area contributed by atoms with Crippen LogP contribution in [-0.4, -0.2) is 61.7 Å². The summed E-state index contributed by atoms with van der Waals surface area (Å²) < 4.78 is 0. The van der Waals surface area contributed by atoms with Crippen LogP contribution < -0.4 is 5.32 Å². The molecule has 0 saturated carbocycles. The minimum Gasteiger partial charge on any atom is -0.317 e. The molecule has 2 aliphatic rings. The van der Waals surface area contributed by atoms with E-state index in [2.05, 4.69) is 35.9 Å². The molecule has 0 aromatic carbocycles. The number of nitrogens with zero attached hydrogens (tertiary/aromatic N) is 2. The van der Waals surface area contributed by atoms with Gasteiger partial charge in [-0.15, -0.1) is 0 Å². The number of piperazine rings is 1. The monoisotopic (exact) mass is 253 g/mol. The highest BCUT2D eigenvalue weighted by Gasteiger charge is 2.24. The van der Waals surface area contributed by atoms with E-state index in [9.17, 15) is 0 Å². The molecule has 3 heteroatoms. The molecule has 0 amide bonds. The minimum atomic E-state index is 0.742. The highest BCUT2D eigenvalue weighted by molar-refractivity contribution is 4.80. The Bertz CT molecular complexity index is 228. The molecule has 1 atom stereocenters. The molecule has 1 N–H and O–H groups in total. The molecule has 0 aromatic rings. The first-order valence-electron chi connectivity index (χ1n) is 7.84. The Hall–Kier alpha value is -0.120. The van der Waals surface area contributed by atoms with Crippen molar-refractivity contribution in [1.29, 1.82) is 0 Å². The van der Waals surface area contributed by atoms with Gasteiger partial charge in [0.25, 0.3) is 0 Å². The Labute approximate surface area is 113 Å². The quantitative estimate of drug-likeness (QED) is 0.822. The average molecular weight is 253 g/mol. The van der Waals surface area contributed by atoms with E-state index in [1.165, 1.54) is 58.7 Å². The molecule has 0 aliphatic carbocycles. The van der Waals surface area contributed by atoms with Gasteiger partial charge in [0.15, 0.2) is 0 Å². The highest BCUT2D eigenvalue weighted by atomic mass is 15.3. The van der Waals surface area contributed by atoms with Crippen molar-refractivity contribution in [1.82, 2.24) is 15.1 Å². The van der Waals surface area contributed by atoms with E-state index in [0.717, 1.165) is 17.9 Å². The Balaban J connectivity index is 1.69. The van der Waals surface area contributed by atoms with Gasteiger partial charge in [-0.2, -0.15) is 0 Å². The number of rotatable bonds is 4. The average Bonchev–Trinajstić information content (AvgIpc) is 2.40. The summed E-state index contributed by atoms with van der Waals surface area (Å²) in [6, 6.07) is 0.742. The maximum atomic E-state index is 3.46. The van der Waals surface area contributed by atoms with Gasteiger partial charge < -0.3 is 10.2 Å². The molecule has 106 valence electrons. The van der Waals surface area contributed by atoms with Gasteiger partial charge in [0.1, 0.15) is 0 Å². The van der Waals surface area contributed by atoms with Crippen LogP contribution in [0.15, 0.2) is 0 Å². The van der Waals surface area contributed by atoms with Crippen LogP contribution in [0, 0.1) is 11.8 Å². The normalized spacial score (nSPS) is 26.7. The topological polar surface area (TPSA) is 18.5 Å². The summed E-state index contributed by atoms with van der Waals surface area (Å²) in [6.07, 6.45) is 2.76. The van der Waals surface area contributed by atoms with Gasteiger partial charge in [-0.3, -0.25) is 4.90 Å². The van der Waals surface area contributed by atoms with Crippen LogP contribution in [-0.2, 0) is 0 Å². The first-order valence-corrected chi connectivity index (χ1v) is 7.84. The third-order valence-corrected chi connectivity index (χ3v) is 4.92. The molecule has 0 radical (unpaired) electrons. The second-order valence-corrected chi connectivity index (χ2v) is 6.51. The Morgan fingerprint density at radius 1 is 1.00 bits per heavy atom. The predicted molar refractivity (Wildman–Crippen MR) is 77.9 cm³/mol. The molecule has 2 heterocycles. The maximum Gasteiger partial charge on any atom is 0.0113 e. The van der Waals surface area contributed by atoms with Gasteiger partial charge in [0.2, 0.25) is 0 Å². The summed E-state index contributed by atoms with van der Waals surface area (Å²) in [5.41, 5.74) is 0. The first-order chi connectivity index (χ1) is 8.66. The van der Waals surface area contributed by atoms with E-state index >= 15 is 0 Å². The fraction of sp³-hybridized carbons (Fsp3) is 1.00. The Morgan fingerprint density at radius 3 is 2.17 bits per heavy atom. The molecule has 2 fully saturated rings. The van der Waals surface area contributed by atoms with Crippen molar-refractivity contribution >= 4 is 0 Å². The zero-order chi connectivity index (χ0) is 13.0. The van der Waals surface area contributed by atoms with Gasteiger partial charge in [-0.1, -0.05) is 13.8 Å². The highest BCUT2D eigenvalue weighted by Crippen LogP contribution is 2.17. The fourth-order valence-corrected chi connectivity index (χ4v) is 3.20. The zero-order valence-corrected chi connectivity index (χ0v) is 12.5. The number of piperidine rings is 1. The van der Waals surface area contributed by atoms with E-state index in [1.807, 2.05) is 0 Å². The lowest BCUT2D eigenvalue weighted by Gasteiger charge is -2.41. The second kappa shape index (κ2) is 6.88. The van der Waals surface area contributed by atoms with Crippen molar-refractivity contribution in [2.24, 2.45) is 11.8 Å². The zero-order valence-electron chi connectivity index (χ0n) is 12.5. The van der Waals surface area contributed by atoms with Crippen molar-refractivity contribution in [3.05, 3.63) is 0 Å². The lowest BCUT2D eigenvalue weighted by atomic mass is 9.97. The standard InChI is InChI=1S/C15H31N3/c1-13(2)14(3)18-10-8-17(9-11-18)12-15-4-6-16-7-5-15/h13-16H,4-12H2,1-3H3/t14-/m1/s1. The van der Waals surface area contributed by atoms with Crippen LogP contribution in [0.5, 0.6) is 0 Å². The van der Waals surface area contributed by atoms with Gasteiger partial charge in [-0.25, -0.2) is 0 Å². The van der Waals surface area contributed by atoms with Crippen LogP contribution >= 0.6 is 0 Å².